The summed E-state index contributed by atoms with van der Waals surface area (Å²) in [4.78, 5) is 28.1. The van der Waals surface area contributed by atoms with Crippen LogP contribution in [0.3, 0.4) is 0 Å². The third kappa shape index (κ3) is 5.03. The molecule has 6 nitrogen and oxygen atoms in total. The molecular formula is C39H46ClFO6S. The first kappa shape index (κ1) is 35.5. The number of aliphatic hydroxyl groups excluding tert-OH is 2. The fourth-order valence-corrected chi connectivity index (χ4v) is 10.8. The molecule has 258 valence electrons. The van der Waals surface area contributed by atoms with Crippen molar-refractivity contribution in [2.75, 3.05) is 6.61 Å². The lowest BCUT2D eigenvalue weighted by Crippen LogP contribution is -2.69. The molecule has 7 rings (SSSR count). The molecule has 1 aliphatic heterocycles. The smallest absolute Gasteiger partial charge is 0.193 e. The Morgan fingerprint density at radius 3 is 2.52 bits per heavy atom. The Morgan fingerprint density at radius 1 is 1.12 bits per heavy atom. The molecule has 2 aromatic carbocycles. The number of rotatable bonds is 7. The average Bonchev–Trinajstić information content (AvgIpc) is 3.53. The highest BCUT2D eigenvalue weighted by Gasteiger charge is 2.79. The molecule has 4 aliphatic carbocycles. The first-order chi connectivity index (χ1) is 22.3. The van der Waals surface area contributed by atoms with Crippen LogP contribution in [0.15, 0.2) is 76.1 Å². The van der Waals surface area contributed by atoms with Gasteiger partial charge in [0, 0.05) is 37.1 Å². The molecule has 0 unspecified atom stereocenters. The zero-order valence-corrected chi connectivity index (χ0v) is 28.7. The molecule has 2 N–H and O–H groups in total. The van der Waals surface area contributed by atoms with E-state index in [4.69, 9.17) is 21.1 Å². The van der Waals surface area contributed by atoms with Crippen molar-refractivity contribution >= 4 is 34.9 Å². The number of halogens is 2. The number of fused-ring (bicyclic) bond motifs is 7. The Bertz CT molecular complexity index is 1670. The molecule has 0 aromatic heterocycles. The van der Waals surface area contributed by atoms with E-state index in [1.54, 1.807) is 24.8 Å². The van der Waals surface area contributed by atoms with Gasteiger partial charge >= 0.3 is 0 Å². The second-order valence-corrected chi connectivity index (χ2v) is 16.5. The minimum atomic E-state index is -2.03. The molecule has 3 saturated carbocycles. The SMILES string of the molecule is C.CC(C)Cc1cc(Sc2ccc([C@@H]3O[C@@H]4C[C@H]5[C@@H]6CCC7=CC(=O)C=C[C@]7(C)[C@@]6(F)[C@@H](O)C[C@]5(C)[C@]4(C(=O)CO)O3)cc2)ccc1Cl. The van der Waals surface area contributed by atoms with Crippen LogP contribution in [0.5, 0.6) is 0 Å². The van der Waals surface area contributed by atoms with E-state index in [1.807, 2.05) is 43.3 Å². The number of hydrogen-bond acceptors (Lipinski definition) is 7. The minimum Gasteiger partial charge on any atom is -0.390 e. The highest BCUT2D eigenvalue weighted by atomic mass is 35.5. The standard InChI is InChI=1S/C38H42ClFO6S.CH4/c1-21(2)15-23-16-27(10-12-30(23)39)47-26-8-5-22(6-9-26)34-45-33-18-29-28-11-7-24-17-25(42)13-14-35(24,3)37(28,40)31(43)19-36(29,4)38(33,46-34)32(44)20-41;/h5-6,8-10,12-14,16-17,21,28-29,31,33-34,41,43H,7,11,15,18-20H2,1-4H3;1H4/t28-,29-,31-,33+,34+,35-,36-,37-,38+;/m0./s1. The van der Waals surface area contributed by atoms with Crippen molar-refractivity contribution in [3.63, 3.8) is 0 Å². The van der Waals surface area contributed by atoms with E-state index in [2.05, 4.69) is 19.9 Å². The van der Waals surface area contributed by atoms with Crippen molar-refractivity contribution in [1.82, 2.24) is 0 Å². The van der Waals surface area contributed by atoms with Crippen molar-refractivity contribution in [1.29, 1.82) is 0 Å². The molecule has 0 radical (unpaired) electrons. The number of allylic oxidation sites excluding steroid dienone is 4. The summed E-state index contributed by atoms with van der Waals surface area (Å²) >= 11 is 8.06. The first-order valence-electron chi connectivity index (χ1n) is 16.6. The maximum atomic E-state index is 17.6. The van der Waals surface area contributed by atoms with Gasteiger partial charge in [0.1, 0.15) is 6.61 Å². The van der Waals surface area contributed by atoms with Gasteiger partial charge in [0.25, 0.3) is 0 Å². The highest BCUT2D eigenvalue weighted by Crippen LogP contribution is 2.72. The van der Waals surface area contributed by atoms with Gasteiger partial charge in [-0.05, 0) is 98.9 Å². The molecule has 0 amide bonds. The molecule has 0 bridgehead atoms. The van der Waals surface area contributed by atoms with Crippen LogP contribution in [0.4, 0.5) is 4.39 Å². The van der Waals surface area contributed by atoms with Crippen molar-refractivity contribution in [2.45, 2.75) is 107 Å². The van der Waals surface area contributed by atoms with E-state index < -0.39 is 58.9 Å². The summed E-state index contributed by atoms with van der Waals surface area (Å²) in [5.74, 6) is -1.13. The number of benzene rings is 2. The van der Waals surface area contributed by atoms with Crippen molar-refractivity contribution in [3.05, 3.63) is 82.4 Å². The number of hydrogen-bond donors (Lipinski definition) is 2. The summed E-state index contributed by atoms with van der Waals surface area (Å²) in [5.41, 5.74) is -3.15. The van der Waals surface area contributed by atoms with Crippen LogP contribution in [0, 0.1) is 28.6 Å². The number of carbonyl (C=O) groups is 2. The van der Waals surface area contributed by atoms with E-state index in [-0.39, 0.29) is 25.5 Å². The lowest BCUT2D eigenvalue weighted by Gasteiger charge is -2.62. The molecule has 48 heavy (non-hydrogen) atoms. The number of ether oxygens (including phenoxy) is 2. The van der Waals surface area contributed by atoms with Gasteiger partial charge in [-0.3, -0.25) is 9.59 Å². The van der Waals surface area contributed by atoms with Crippen LogP contribution in [-0.2, 0) is 25.5 Å². The number of aliphatic hydroxyl groups is 2. The molecule has 0 spiro atoms. The predicted octanol–water partition coefficient (Wildman–Crippen LogP) is 8.02. The zero-order chi connectivity index (χ0) is 33.5. The fraction of sp³-hybridized carbons (Fsp3) is 0.538. The van der Waals surface area contributed by atoms with Gasteiger partial charge in [0.2, 0.25) is 0 Å². The summed E-state index contributed by atoms with van der Waals surface area (Å²) in [7, 11) is 0. The maximum absolute atomic E-state index is 17.6. The van der Waals surface area contributed by atoms with Crippen molar-refractivity contribution in [2.24, 2.45) is 28.6 Å². The largest absolute Gasteiger partial charge is 0.390 e. The van der Waals surface area contributed by atoms with Crippen LogP contribution in [0.1, 0.15) is 78.2 Å². The van der Waals surface area contributed by atoms with Gasteiger partial charge in [-0.2, -0.15) is 0 Å². The van der Waals surface area contributed by atoms with Gasteiger partial charge in [0.05, 0.1) is 12.2 Å². The number of carbonyl (C=O) groups excluding carboxylic acids is 2. The van der Waals surface area contributed by atoms with Crippen molar-refractivity contribution < 1.29 is 33.7 Å². The van der Waals surface area contributed by atoms with Gasteiger partial charge in [-0.15, -0.1) is 0 Å². The third-order valence-corrected chi connectivity index (χ3v) is 13.3. The number of alkyl halides is 1. The Labute approximate surface area is 292 Å². The second kappa shape index (κ2) is 12.5. The third-order valence-electron chi connectivity index (χ3n) is 12.0. The topological polar surface area (TPSA) is 93.1 Å². The van der Waals surface area contributed by atoms with E-state index >= 15 is 4.39 Å². The average molecular weight is 697 g/mol. The lowest BCUT2D eigenvalue weighted by molar-refractivity contribution is -0.231. The van der Waals surface area contributed by atoms with E-state index in [0.29, 0.717) is 30.8 Å². The molecule has 9 heteroatoms. The molecule has 2 aromatic rings. The maximum Gasteiger partial charge on any atom is 0.193 e. The van der Waals surface area contributed by atoms with Gasteiger partial charge in [-0.1, -0.05) is 75.3 Å². The van der Waals surface area contributed by atoms with E-state index in [0.717, 1.165) is 32.4 Å². The van der Waals surface area contributed by atoms with Crippen LogP contribution in [0.25, 0.3) is 0 Å². The second-order valence-electron chi connectivity index (χ2n) is 14.9. The summed E-state index contributed by atoms with van der Waals surface area (Å²) in [6, 6.07) is 13.9. The van der Waals surface area contributed by atoms with Gasteiger partial charge in [0.15, 0.2) is 29.1 Å². The molecule has 1 saturated heterocycles. The van der Waals surface area contributed by atoms with Gasteiger partial charge < -0.3 is 19.7 Å². The van der Waals surface area contributed by atoms with E-state index in [1.165, 1.54) is 12.2 Å². The zero-order valence-electron chi connectivity index (χ0n) is 27.2. The summed E-state index contributed by atoms with van der Waals surface area (Å²) < 4.78 is 30.8. The number of Topliss-reactive ketones (excluding diaryl/α,β-unsaturated/α-hetero) is 1. The predicted molar refractivity (Wildman–Crippen MR) is 185 cm³/mol. The molecule has 1 heterocycles. The highest BCUT2D eigenvalue weighted by molar-refractivity contribution is 7.99. The van der Waals surface area contributed by atoms with E-state index in [9.17, 15) is 19.8 Å². The van der Waals surface area contributed by atoms with Gasteiger partial charge in [-0.25, -0.2) is 4.39 Å². The monoisotopic (exact) mass is 696 g/mol. The molecule has 5 aliphatic rings. The Balaban J connectivity index is 0.00000401. The summed E-state index contributed by atoms with van der Waals surface area (Å²) in [6.07, 6.45) is 3.72. The lowest BCUT2D eigenvalue weighted by atomic mass is 9.44. The molecule has 9 atom stereocenters. The quantitative estimate of drug-likeness (QED) is 0.303. The molecule has 4 fully saturated rings. The van der Waals surface area contributed by atoms with Crippen LogP contribution in [0.2, 0.25) is 5.02 Å². The minimum absolute atomic E-state index is 0. The Hall–Kier alpha value is -2.33. The molecular weight excluding hydrogens is 651 g/mol. The van der Waals surface area contributed by atoms with Crippen LogP contribution < -0.4 is 0 Å². The summed E-state index contributed by atoms with van der Waals surface area (Å²) in [5, 5.41) is 22.8. The Kier molecular flexibility index (Phi) is 9.22. The van der Waals surface area contributed by atoms with Crippen LogP contribution in [-0.4, -0.2) is 51.9 Å². The van der Waals surface area contributed by atoms with Crippen molar-refractivity contribution in [3.8, 4) is 0 Å². The number of ketones is 2. The Morgan fingerprint density at radius 2 is 1.83 bits per heavy atom. The fourth-order valence-electron chi connectivity index (χ4n) is 9.76. The normalized spacial score (nSPS) is 38.1. The first-order valence-corrected chi connectivity index (χ1v) is 17.8. The van der Waals surface area contributed by atoms with Crippen LogP contribution >= 0.6 is 23.4 Å². The summed E-state index contributed by atoms with van der Waals surface area (Å²) in [6.45, 7) is 7.25.